The van der Waals surface area contributed by atoms with Crippen LogP contribution in [0.2, 0.25) is 0 Å². The van der Waals surface area contributed by atoms with Crippen LogP contribution in [0.5, 0.6) is 5.75 Å². The number of benzene rings is 3. The number of amides is 1. The fraction of sp³-hybridized carbons (Fsp3) is 0. The van der Waals surface area contributed by atoms with Crippen LogP contribution < -0.4 is 10.2 Å². The van der Waals surface area contributed by atoms with Crippen LogP contribution in [0.25, 0.3) is 0 Å². The van der Waals surface area contributed by atoms with Crippen molar-refractivity contribution in [2.75, 3.05) is 0 Å². The summed E-state index contributed by atoms with van der Waals surface area (Å²) in [6.07, 6.45) is 1.42. The lowest BCUT2D eigenvalue weighted by molar-refractivity contribution is -0.384. The minimum Gasteiger partial charge on any atom is -0.423 e. The number of nitro groups is 1. The van der Waals surface area contributed by atoms with Gasteiger partial charge in [0, 0.05) is 17.7 Å². The molecule has 3 aromatic rings. The molecule has 0 saturated heterocycles. The minimum atomic E-state index is -0.647. The van der Waals surface area contributed by atoms with Gasteiger partial charge in [-0.1, -0.05) is 30.3 Å². The minimum absolute atomic E-state index is 0.114. The first-order valence-corrected chi connectivity index (χ1v) is 8.48. The summed E-state index contributed by atoms with van der Waals surface area (Å²) in [6.45, 7) is 0. The van der Waals surface area contributed by atoms with Crippen LogP contribution in [0.15, 0.2) is 84.0 Å². The second kappa shape index (κ2) is 9.05. The molecule has 0 aliphatic rings. The van der Waals surface area contributed by atoms with Gasteiger partial charge in [0.1, 0.15) is 5.75 Å². The fourth-order valence-electron chi connectivity index (χ4n) is 2.36. The van der Waals surface area contributed by atoms with Crippen LogP contribution in [0.3, 0.4) is 0 Å². The number of nitrogens with one attached hydrogen (secondary N) is 1. The zero-order valence-corrected chi connectivity index (χ0v) is 15.0. The normalized spacial score (nSPS) is 10.5. The molecule has 1 N–H and O–H groups in total. The molecule has 29 heavy (non-hydrogen) atoms. The summed E-state index contributed by atoms with van der Waals surface area (Å²) in [5, 5.41) is 14.6. The van der Waals surface area contributed by atoms with Crippen molar-refractivity contribution in [2.24, 2.45) is 5.10 Å². The van der Waals surface area contributed by atoms with Crippen molar-refractivity contribution in [3.8, 4) is 5.75 Å². The molecule has 8 nitrogen and oxygen atoms in total. The van der Waals surface area contributed by atoms with Crippen molar-refractivity contribution < 1.29 is 19.2 Å². The molecular formula is C21H15N3O5. The van der Waals surface area contributed by atoms with Gasteiger partial charge in [0.05, 0.1) is 16.7 Å². The predicted molar refractivity (Wildman–Crippen MR) is 106 cm³/mol. The van der Waals surface area contributed by atoms with Gasteiger partial charge in [-0.05, 0) is 42.0 Å². The summed E-state index contributed by atoms with van der Waals surface area (Å²) >= 11 is 0. The van der Waals surface area contributed by atoms with Gasteiger partial charge < -0.3 is 4.74 Å². The second-order valence-corrected chi connectivity index (χ2v) is 5.83. The number of rotatable bonds is 6. The van der Waals surface area contributed by atoms with Crippen molar-refractivity contribution in [1.82, 2.24) is 5.43 Å². The number of hydrogen-bond acceptors (Lipinski definition) is 6. The number of ether oxygens (including phenoxy) is 1. The van der Waals surface area contributed by atoms with Gasteiger partial charge in [-0.2, -0.15) is 5.10 Å². The highest BCUT2D eigenvalue weighted by Crippen LogP contribution is 2.16. The molecule has 0 radical (unpaired) electrons. The molecule has 0 atom stereocenters. The first-order valence-electron chi connectivity index (χ1n) is 8.48. The standard InChI is InChI=1S/C21H15N3O5/c25-20(16-6-2-1-3-7-16)23-22-14-15-5-4-8-19(13-15)29-21(26)17-9-11-18(12-10-17)24(27)28/h1-14H,(H,23,25)/b22-14+. The van der Waals surface area contributed by atoms with Gasteiger partial charge >= 0.3 is 5.97 Å². The van der Waals surface area contributed by atoms with Crippen LogP contribution in [-0.2, 0) is 0 Å². The lowest BCUT2D eigenvalue weighted by atomic mass is 10.2. The average molecular weight is 389 g/mol. The lowest BCUT2D eigenvalue weighted by Gasteiger charge is -2.05. The molecule has 0 aromatic heterocycles. The first kappa shape index (κ1) is 19.4. The van der Waals surface area contributed by atoms with E-state index in [4.69, 9.17) is 4.74 Å². The number of hydrazone groups is 1. The topological polar surface area (TPSA) is 111 Å². The smallest absolute Gasteiger partial charge is 0.343 e. The van der Waals surface area contributed by atoms with Crippen LogP contribution in [0.1, 0.15) is 26.3 Å². The van der Waals surface area contributed by atoms with E-state index < -0.39 is 10.9 Å². The number of nitro benzene ring substituents is 1. The molecule has 3 rings (SSSR count). The zero-order valence-electron chi connectivity index (χ0n) is 15.0. The maximum absolute atomic E-state index is 12.2. The van der Waals surface area contributed by atoms with E-state index in [0.717, 1.165) is 0 Å². The number of nitrogens with zero attached hydrogens (tertiary/aromatic N) is 2. The van der Waals surface area contributed by atoms with E-state index in [0.29, 0.717) is 11.1 Å². The Morgan fingerprint density at radius 1 is 0.931 bits per heavy atom. The van der Waals surface area contributed by atoms with Crippen LogP contribution in [0.4, 0.5) is 5.69 Å². The largest absolute Gasteiger partial charge is 0.423 e. The SMILES string of the molecule is O=C(N/N=C/c1cccc(OC(=O)c2ccc([N+](=O)[O-])cc2)c1)c1ccccc1. The maximum atomic E-state index is 12.2. The van der Waals surface area contributed by atoms with Gasteiger partial charge in [-0.3, -0.25) is 14.9 Å². The molecule has 0 heterocycles. The Bertz CT molecular complexity index is 1060. The Morgan fingerprint density at radius 3 is 2.34 bits per heavy atom. The van der Waals surface area contributed by atoms with Gasteiger partial charge in [0.2, 0.25) is 0 Å². The third-order valence-electron chi connectivity index (χ3n) is 3.80. The van der Waals surface area contributed by atoms with E-state index in [1.165, 1.54) is 30.5 Å². The highest BCUT2D eigenvalue weighted by atomic mass is 16.6. The number of hydrogen-bond donors (Lipinski definition) is 1. The number of esters is 1. The molecule has 3 aromatic carbocycles. The Kier molecular flexibility index (Phi) is 6.06. The molecule has 0 saturated carbocycles. The molecule has 0 aliphatic carbocycles. The fourth-order valence-corrected chi connectivity index (χ4v) is 2.36. The molecule has 1 amide bonds. The number of carbonyl (C=O) groups is 2. The molecule has 8 heteroatoms. The first-order chi connectivity index (χ1) is 14.0. The third kappa shape index (κ3) is 5.33. The van der Waals surface area contributed by atoms with Gasteiger partial charge in [-0.25, -0.2) is 10.2 Å². The Hall–Kier alpha value is -4.33. The van der Waals surface area contributed by atoms with E-state index >= 15 is 0 Å². The van der Waals surface area contributed by atoms with Gasteiger partial charge in [0.15, 0.2) is 0 Å². The molecule has 144 valence electrons. The lowest BCUT2D eigenvalue weighted by Crippen LogP contribution is -2.17. The summed E-state index contributed by atoms with van der Waals surface area (Å²) in [7, 11) is 0. The van der Waals surface area contributed by atoms with Crippen LogP contribution in [0, 0.1) is 10.1 Å². The molecule has 0 spiro atoms. The Labute approximate surface area is 165 Å². The van der Waals surface area contributed by atoms with E-state index in [1.54, 1.807) is 48.5 Å². The molecular weight excluding hydrogens is 374 g/mol. The van der Waals surface area contributed by atoms with Crippen molar-refractivity contribution in [1.29, 1.82) is 0 Å². The van der Waals surface area contributed by atoms with Crippen molar-refractivity contribution in [3.63, 3.8) is 0 Å². The van der Waals surface area contributed by atoms with E-state index in [9.17, 15) is 19.7 Å². The van der Waals surface area contributed by atoms with Crippen LogP contribution >= 0.6 is 0 Å². The highest BCUT2D eigenvalue weighted by Gasteiger charge is 2.11. The molecule has 0 bridgehead atoms. The molecule has 0 aliphatic heterocycles. The second-order valence-electron chi connectivity index (χ2n) is 5.83. The van der Waals surface area contributed by atoms with Crippen molar-refractivity contribution in [3.05, 3.63) is 106 Å². The summed E-state index contributed by atoms with van der Waals surface area (Å²) < 4.78 is 5.28. The molecule has 0 fully saturated rings. The predicted octanol–water partition coefficient (Wildman–Crippen LogP) is 3.58. The van der Waals surface area contributed by atoms with Crippen molar-refractivity contribution >= 4 is 23.8 Å². The summed E-state index contributed by atoms with van der Waals surface area (Å²) in [5.74, 6) is -0.722. The average Bonchev–Trinajstić information content (AvgIpc) is 2.74. The van der Waals surface area contributed by atoms with Crippen molar-refractivity contribution in [2.45, 2.75) is 0 Å². The summed E-state index contributed by atoms with van der Waals surface area (Å²) in [6, 6.07) is 20.3. The monoisotopic (exact) mass is 389 g/mol. The van der Waals surface area contributed by atoms with Gasteiger partial charge in [-0.15, -0.1) is 0 Å². The molecule has 0 unspecified atom stereocenters. The van der Waals surface area contributed by atoms with Gasteiger partial charge in [0.25, 0.3) is 11.6 Å². The quantitative estimate of drug-likeness (QED) is 0.228. The van der Waals surface area contributed by atoms with E-state index in [-0.39, 0.29) is 22.9 Å². The third-order valence-corrected chi connectivity index (χ3v) is 3.80. The summed E-state index contributed by atoms with van der Waals surface area (Å²) in [4.78, 5) is 34.2. The van der Waals surface area contributed by atoms with Crippen LogP contribution in [-0.4, -0.2) is 23.0 Å². The van der Waals surface area contributed by atoms with E-state index in [1.807, 2.05) is 6.07 Å². The number of carbonyl (C=O) groups excluding carboxylic acids is 2. The highest BCUT2D eigenvalue weighted by molar-refractivity contribution is 5.95. The maximum Gasteiger partial charge on any atom is 0.343 e. The Balaban J connectivity index is 1.62. The number of non-ortho nitro benzene ring substituents is 1. The van der Waals surface area contributed by atoms with E-state index in [2.05, 4.69) is 10.5 Å². The summed E-state index contributed by atoms with van der Waals surface area (Å²) in [5.41, 5.74) is 3.57. The zero-order chi connectivity index (χ0) is 20.6. The Morgan fingerprint density at radius 2 is 1.66 bits per heavy atom.